The van der Waals surface area contributed by atoms with Gasteiger partial charge in [-0.25, -0.2) is 0 Å². The molecule has 0 saturated heterocycles. The molecule has 5 aromatic rings. The number of pyridine rings is 4. The summed E-state index contributed by atoms with van der Waals surface area (Å²) >= 11 is 1.72. The van der Waals surface area contributed by atoms with Crippen LogP contribution in [0.25, 0.3) is 22.8 Å². The second kappa shape index (κ2) is 14.2. The zero-order valence-electron chi connectivity index (χ0n) is 23.5. The van der Waals surface area contributed by atoms with Crippen LogP contribution in [0.3, 0.4) is 0 Å². The van der Waals surface area contributed by atoms with E-state index >= 15 is 0 Å². The largest absolute Gasteiger partial charge is 0.255 e. The first kappa shape index (κ1) is 28.0. The summed E-state index contributed by atoms with van der Waals surface area (Å²) in [5.41, 5.74) is 7.92. The number of rotatable bonds is 8. The second-order valence-corrected chi connectivity index (χ2v) is 10.7. The van der Waals surface area contributed by atoms with Crippen molar-refractivity contribution in [1.82, 2.24) is 19.9 Å². The molecule has 0 aliphatic carbocycles. The molecule has 5 heteroatoms. The van der Waals surface area contributed by atoms with E-state index in [1.807, 2.05) is 73.1 Å². The Balaban J connectivity index is 1.45. The van der Waals surface area contributed by atoms with E-state index < -0.39 is 0 Å². The summed E-state index contributed by atoms with van der Waals surface area (Å²) in [5, 5.41) is 0. The van der Waals surface area contributed by atoms with Crippen molar-refractivity contribution in [3.8, 4) is 46.5 Å². The average Bonchev–Trinajstić information content (AvgIpc) is 3.37. The highest BCUT2D eigenvalue weighted by Gasteiger charge is 2.16. The molecule has 41 heavy (non-hydrogen) atoms. The van der Waals surface area contributed by atoms with Gasteiger partial charge in [0.1, 0.15) is 0 Å². The molecule has 0 aromatic carbocycles. The standard InChI is InChI=1S/C36H32N4S/c1-3-5-11-29-30(12-6-4-2)36(22-18-28-16-20-34(40-26-28)32-14-8-10-24-38-32)41-35(29)21-17-27-15-19-33(39-25-27)31-13-7-9-23-37-31/h7-10,13-16,19-20,23-26H,3-6,11-12H2,1-2H3. The van der Waals surface area contributed by atoms with Crippen LogP contribution in [0.4, 0.5) is 0 Å². The van der Waals surface area contributed by atoms with E-state index in [-0.39, 0.29) is 0 Å². The maximum Gasteiger partial charge on any atom is 0.0887 e. The normalized spacial score (nSPS) is 10.4. The van der Waals surface area contributed by atoms with Gasteiger partial charge in [0, 0.05) is 35.9 Å². The Kier molecular flexibility index (Phi) is 9.67. The summed E-state index contributed by atoms with van der Waals surface area (Å²) in [7, 11) is 0. The van der Waals surface area contributed by atoms with Crippen molar-refractivity contribution in [1.29, 1.82) is 0 Å². The Morgan fingerprint density at radius 2 is 1.00 bits per heavy atom. The van der Waals surface area contributed by atoms with Crippen molar-refractivity contribution >= 4 is 11.3 Å². The molecule has 4 nitrogen and oxygen atoms in total. The molecule has 5 rings (SSSR count). The fourth-order valence-electron chi connectivity index (χ4n) is 4.46. The zero-order chi connectivity index (χ0) is 28.3. The van der Waals surface area contributed by atoms with Gasteiger partial charge in [0.15, 0.2) is 0 Å². The van der Waals surface area contributed by atoms with E-state index in [2.05, 4.69) is 57.5 Å². The van der Waals surface area contributed by atoms with E-state index in [1.165, 1.54) is 11.1 Å². The number of hydrogen-bond donors (Lipinski definition) is 0. The van der Waals surface area contributed by atoms with Gasteiger partial charge in [0.2, 0.25) is 0 Å². The fourth-order valence-corrected chi connectivity index (χ4v) is 5.57. The Morgan fingerprint density at radius 1 is 0.537 bits per heavy atom. The monoisotopic (exact) mass is 552 g/mol. The number of nitrogens with zero attached hydrogens (tertiary/aromatic N) is 4. The summed E-state index contributed by atoms with van der Waals surface area (Å²) in [6.07, 6.45) is 13.8. The Bertz CT molecular complexity index is 1560. The van der Waals surface area contributed by atoms with Gasteiger partial charge in [0.25, 0.3) is 0 Å². The van der Waals surface area contributed by atoms with Gasteiger partial charge in [-0.2, -0.15) is 0 Å². The molecule has 0 unspecified atom stereocenters. The first-order valence-corrected chi connectivity index (χ1v) is 15.0. The van der Waals surface area contributed by atoms with E-state index in [4.69, 9.17) is 0 Å². The molecule has 0 spiro atoms. The SMILES string of the molecule is CCCCc1c(C#Cc2ccc(-c3ccccn3)nc2)sc(C#Cc2ccc(-c3ccccn3)nc2)c1CCCC. The summed E-state index contributed by atoms with van der Waals surface area (Å²) in [6, 6.07) is 19.7. The van der Waals surface area contributed by atoms with Crippen LogP contribution in [-0.2, 0) is 12.8 Å². The Labute approximate surface area is 247 Å². The van der Waals surface area contributed by atoms with Crippen LogP contribution in [0.5, 0.6) is 0 Å². The van der Waals surface area contributed by atoms with E-state index in [0.717, 1.165) is 82.2 Å². The van der Waals surface area contributed by atoms with Gasteiger partial charge in [-0.05, 0) is 85.3 Å². The highest BCUT2D eigenvalue weighted by Crippen LogP contribution is 2.31. The van der Waals surface area contributed by atoms with Gasteiger partial charge < -0.3 is 0 Å². The van der Waals surface area contributed by atoms with Crippen molar-refractivity contribution in [2.24, 2.45) is 0 Å². The first-order chi connectivity index (χ1) is 20.2. The van der Waals surface area contributed by atoms with Crippen LogP contribution in [0.15, 0.2) is 85.5 Å². The number of aromatic nitrogens is 4. The third-order valence-corrected chi connectivity index (χ3v) is 7.80. The van der Waals surface area contributed by atoms with Crippen molar-refractivity contribution < 1.29 is 0 Å². The summed E-state index contributed by atoms with van der Waals surface area (Å²) in [5.74, 6) is 13.7. The van der Waals surface area contributed by atoms with Gasteiger partial charge >= 0.3 is 0 Å². The molecule has 0 N–H and O–H groups in total. The minimum Gasteiger partial charge on any atom is -0.255 e. The minimum atomic E-state index is 0.845. The molecule has 0 amide bonds. The van der Waals surface area contributed by atoms with Crippen LogP contribution in [-0.4, -0.2) is 19.9 Å². The van der Waals surface area contributed by atoms with E-state index in [0.29, 0.717) is 0 Å². The Morgan fingerprint density at radius 3 is 1.37 bits per heavy atom. The quantitative estimate of drug-likeness (QED) is 0.182. The molecule has 0 atom stereocenters. The molecule has 202 valence electrons. The average molecular weight is 553 g/mol. The van der Waals surface area contributed by atoms with Crippen LogP contribution in [0.2, 0.25) is 0 Å². The predicted octanol–water partition coefficient (Wildman–Crippen LogP) is 8.15. The van der Waals surface area contributed by atoms with E-state index in [9.17, 15) is 0 Å². The highest BCUT2D eigenvalue weighted by molar-refractivity contribution is 7.13. The topological polar surface area (TPSA) is 51.6 Å². The van der Waals surface area contributed by atoms with Gasteiger partial charge in [0.05, 0.1) is 32.5 Å². The molecule has 0 bridgehead atoms. The maximum atomic E-state index is 4.59. The highest BCUT2D eigenvalue weighted by atomic mass is 32.1. The summed E-state index contributed by atoms with van der Waals surface area (Å²) in [4.78, 5) is 20.2. The number of hydrogen-bond acceptors (Lipinski definition) is 5. The third kappa shape index (κ3) is 7.34. The predicted molar refractivity (Wildman–Crippen MR) is 168 cm³/mol. The molecule has 0 saturated carbocycles. The first-order valence-electron chi connectivity index (χ1n) is 14.2. The van der Waals surface area contributed by atoms with Crippen LogP contribution in [0, 0.1) is 23.7 Å². The molecule has 5 aromatic heterocycles. The number of thiophene rings is 1. The molecular weight excluding hydrogens is 520 g/mol. The lowest BCUT2D eigenvalue weighted by molar-refractivity contribution is 0.760. The van der Waals surface area contributed by atoms with Crippen molar-refractivity contribution in [2.45, 2.75) is 52.4 Å². The van der Waals surface area contributed by atoms with Crippen LogP contribution in [0.1, 0.15) is 71.5 Å². The number of unbranched alkanes of at least 4 members (excludes halogenated alkanes) is 2. The minimum absolute atomic E-state index is 0.845. The molecule has 0 aliphatic heterocycles. The zero-order valence-corrected chi connectivity index (χ0v) is 24.3. The lowest BCUT2D eigenvalue weighted by Gasteiger charge is -2.05. The van der Waals surface area contributed by atoms with E-state index in [1.54, 1.807) is 23.7 Å². The lowest BCUT2D eigenvalue weighted by atomic mass is 9.98. The van der Waals surface area contributed by atoms with Crippen LogP contribution < -0.4 is 0 Å². The molecule has 0 fully saturated rings. The smallest absolute Gasteiger partial charge is 0.0887 e. The second-order valence-electron chi connectivity index (χ2n) is 9.72. The Hall–Kier alpha value is -4.58. The fraction of sp³-hybridized carbons (Fsp3) is 0.222. The van der Waals surface area contributed by atoms with Crippen molar-refractivity contribution in [3.05, 3.63) is 117 Å². The van der Waals surface area contributed by atoms with Crippen LogP contribution >= 0.6 is 11.3 Å². The lowest BCUT2D eigenvalue weighted by Crippen LogP contribution is -1.95. The van der Waals surface area contributed by atoms with Crippen molar-refractivity contribution in [2.75, 3.05) is 0 Å². The molecular formula is C36H32N4S. The summed E-state index contributed by atoms with van der Waals surface area (Å²) in [6.45, 7) is 4.47. The molecule has 0 aliphatic rings. The maximum absolute atomic E-state index is 4.59. The molecule has 5 heterocycles. The van der Waals surface area contributed by atoms with Crippen molar-refractivity contribution in [3.63, 3.8) is 0 Å². The van der Waals surface area contributed by atoms with Gasteiger partial charge in [-0.15, -0.1) is 11.3 Å². The third-order valence-electron chi connectivity index (χ3n) is 6.70. The molecule has 0 radical (unpaired) electrons. The summed E-state index contributed by atoms with van der Waals surface area (Å²) < 4.78 is 0. The van der Waals surface area contributed by atoms with Gasteiger partial charge in [-0.1, -0.05) is 62.5 Å². The van der Waals surface area contributed by atoms with Gasteiger partial charge in [-0.3, -0.25) is 19.9 Å².